The van der Waals surface area contributed by atoms with Gasteiger partial charge in [0.1, 0.15) is 0 Å². The Balaban J connectivity index is 2.91. The van der Waals surface area contributed by atoms with Crippen molar-refractivity contribution in [2.75, 3.05) is 5.33 Å². The summed E-state index contributed by atoms with van der Waals surface area (Å²) in [7, 11) is 0. The summed E-state index contributed by atoms with van der Waals surface area (Å²) in [5.41, 5.74) is 4.29. The van der Waals surface area contributed by atoms with Gasteiger partial charge in [-0.1, -0.05) is 53.5 Å². The minimum absolute atomic E-state index is 0.658. The van der Waals surface area contributed by atoms with E-state index in [1.807, 2.05) is 0 Å². The van der Waals surface area contributed by atoms with Crippen LogP contribution in [0.15, 0.2) is 18.2 Å². The van der Waals surface area contributed by atoms with E-state index in [0.717, 1.165) is 11.2 Å². The molecule has 84 valence electrons. The molecular weight excluding hydrogens is 248 g/mol. The molecule has 1 heteroatoms. The Morgan fingerprint density at radius 2 is 1.87 bits per heavy atom. The molecular formula is C14H21Br. The van der Waals surface area contributed by atoms with Gasteiger partial charge >= 0.3 is 0 Å². The summed E-state index contributed by atoms with van der Waals surface area (Å²) in [6.07, 6.45) is 1.26. The lowest BCUT2D eigenvalue weighted by molar-refractivity contribution is 0.528. The molecule has 0 saturated heterocycles. The van der Waals surface area contributed by atoms with E-state index in [2.05, 4.69) is 61.8 Å². The number of aryl methyl sites for hydroxylation is 2. The van der Waals surface area contributed by atoms with Crippen LogP contribution in [0.5, 0.6) is 0 Å². The first-order valence-corrected chi connectivity index (χ1v) is 6.79. The fourth-order valence-electron chi connectivity index (χ4n) is 2.13. The Bertz CT molecular complexity index is 315. The Hall–Kier alpha value is -0.300. The van der Waals surface area contributed by atoms with Crippen LogP contribution >= 0.6 is 15.9 Å². The van der Waals surface area contributed by atoms with Gasteiger partial charge in [0.05, 0.1) is 0 Å². The van der Waals surface area contributed by atoms with E-state index in [1.54, 1.807) is 0 Å². The fourth-order valence-corrected chi connectivity index (χ4v) is 2.74. The van der Waals surface area contributed by atoms with Crippen molar-refractivity contribution >= 4 is 15.9 Å². The van der Waals surface area contributed by atoms with E-state index in [4.69, 9.17) is 0 Å². The molecule has 0 nitrogen and oxygen atoms in total. The van der Waals surface area contributed by atoms with E-state index in [0.29, 0.717) is 5.92 Å². The van der Waals surface area contributed by atoms with Crippen LogP contribution in [0.3, 0.4) is 0 Å². The van der Waals surface area contributed by atoms with Crippen molar-refractivity contribution in [3.05, 3.63) is 34.9 Å². The van der Waals surface area contributed by atoms with E-state index >= 15 is 0 Å². The molecule has 0 spiro atoms. The zero-order chi connectivity index (χ0) is 11.4. The van der Waals surface area contributed by atoms with Crippen LogP contribution in [-0.2, 0) is 0 Å². The molecule has 0 bridgehead atoms. The summed E-state index contributed by atoms with van der Waals surface area (Å²) in [5.74, 6) is 1.42. The standard InChI is InChI=1S/C14H21Br/c1-10(2)7-13(9-15)14-6-5-11(3)8-12(14)4/h5-6,8,10,13H,7,9H2,1-4H3. The van der Waals surface area contributed by atoms with Gasteiger partial charge in [-0.25, -0.2) is 0 Å². The van der Waals surface area contributed by atoms with Crippen LogP contribution in [0.4, 0.5) is 0 Å². The average Bonchev–Trinajstić information content (AvgIpc) is 2.14. The third-order valence-electron chi connectivity index (χ3n) is 2.81. The fraction of sp³-hybridized carbons (Fsp3) is 0.571. The number of rotatable bonds is 4. The molecule has 0 aromatic heterocycles. The van der Waals surface area contributed by atoms with E-state index in [1.165, 1.54) is 23.1 Å². The van der Waals surface area contributed by atoms with E-state index < -0.39 is 0 Å². The normalized spacial score (nSPS) is 13.2. The van der Waals surface area contributed by atoms with Crippen LogP contribution in [0.25, 0.3) is 0 Å². The summed E-state index contributed by atoms with van der Waals surface area (Å²) in [5, 5.41) is 1.06. The van der Waals surface area contributed by atoms with Gasteiger partial charge in [-0.15, -0.1) is 0 Å². The minimum atomic E-state index is 0.658. The summed E-state index contributed by atoms with van der Waals surface area (Å²) in [6, 6.07) is 6.79. The predicted octanol–water partition coefficient (Wildman–Crippen LogP) is 4.83. The summed E-state index contributed by atoms with van der Waals surface area (Å²) in [6.45, 7) is 8.96. The highest BCUT2D eigenvalue weighted by molar-refractivity contribution is 9.09. The summed E-state index contributed by atoms with van der Waals surface area (Å²) < 4.78 is 0. The average molecular weight is 269 g/mol. The first-order chi connectivity index (χ1) is 7.04. The lowest BCUT2D eigenvalue weighted by Gasteiger charge is -2.19. The Morgan fingerprint density at radius 3 is 2.33 bits per heavy atom. The first kappa shape index (κ1) is 12.8. The lowest BCUT2D eigenvalue weighted by Crippen LogP contribution is -2.06. The van der Waals surface area contributed by atoms with E-state index in [9.17, 15) is 0 Å². The zero-order valence-electron chi connectivity index (χ0n) is 10.2. The van der Waals surface area contributed by atoms with Gasteiger partial charge in [0.25, 0.3) is 0 Å². The molecule has 1 aromatic rings. The predicted molar refractivity (Wildman–Crippen MR) is 71.9 cm³/mol. The number of hydrogen-bond donors (Lipinski definition) is 0. The van der Waals surface area contributed by atoms with Crippen molar-refractivity contribution in [1.82, 2.24) is 0 Å². The van der Waals surface area contributed by atoms with Gasteiger partial charge < -0.3 is 0 Å². The van der Waals surface area contributed by atoms with Crippen LogP contribution in [0.2, 0.25) is 0 Å². The van der Waals surface area contributed by atoms with Crippen molar-refractivity contribution in [3.8, 4) is 0 Å². The molecule has 1 atom stereocenters. The summed E-state index contributed by atoms with van der Waals surface area (Å²) in [4.78, 5) is 0. The molecule has 0 aliphatic heterocycles. The monoisotopic (exact) mass is 268 g/mol. The molecule has 0 aliphatic rings. The number of alkyl halides is 1. The molecule has 0 aliphatic carbocycles. The highest BCUT2D eigenvalue weighted by Crippen LogP contribution is 2.28. The second-order valence-corrected chi connectivity index (χ2v) is 5.49. The topological polar surface area (TPSA) is 0 Å². The molecule has 1 unspecified atom stereocenters. The number of halogens is 1. The molecule has 0 amide bonds. The van der Waals surface area contributed by atoms with Gasteiger partial charge in [0.15, 0.2) is 0 Å². The Labute approximate surface area is 102 Å². The Morgan fingerprint density at radius 1 is 1.20 bits per heavy atom. The summed E-state index contributed by atoms with van der Waals surface area (Å²) >= 11 is 3.63. The maximum Gasteiger partial charge on any atom is 0.0100 e. The largest absolute Gasteiger partial charge is 0.0921 e. The molecule has 0 radical (unpaired) electrons. The quantitative estimate of drug-likeness (QED) is 0.687. The van der Waals surface area contributed by atoms with Gasteiger partial charge in [-0.3, -0.25) is 0 Å². The molecule has 1 aromatic carbocycles. The SMILES string of the molecule is Cc1ccc(C(CBr)CC(C)C)c(C)c1. The van der Waals surface area contributed by atoms with Crippen molar-refractivity contribution in [2.45, 2.75) is 40.0 Å². The van der Waals surface area contributed by atoms with Crippen molar-refractivity contribution in [1.29, 1.82) is 0 Å². The highest BCUT2D eigenvalue weighted by atomic mass is 79.9. The number of hydrogen-bond acceptors (Lipinski definition) is 0. The third kappa shape index (κ3) is 3.64. The van der Waals surface area contributed by atoms with Crippen LogP contribution < -0.4 is 0 Å². The molecule has 0 fully saturated rings. The van der Waals surface area contributed by atoms with Gasteiger partial charge in [-0.2, -0.15) is 0 Å². The van der Waals surface area contributed by atoms with Gasteiger partial charge in [0.2, 0.25) is 0 Å². The maximum atomic E-state index is 3.63. The molecule has 1 rings (SSSR count). The number of benzene rings is 1. The van der Waals surface area contributed by atoms with Crippen molar-refractivity contribution in [3.63, 3.8) is 0 Å². The molecule has 0 N–H and O–H groups in total. The molecule has 0 heterocycles. The smallest absolute Gasteiger partial charge is 0.0100 e. The second kappa shape index (κ2) is 5.69. The third-order valence-corrected chi connectivity index (χ3v) is 3.59. The van der Waals surface area contributed by atoms with Crippen LogP contribution in [-0.4, -0.2) is 5.33 Å². The highest BCUT2D eigenvalue weighted by Gasteiger charge is 2.13. The minimum Gasteiger partial charge on any atom is -0.0921 e. The van der Waals surface area contributed by atoms with Crippen molar-refractivity contribution in [2.24, 2.45) is 5.92 Å². The van der Waals surface area contributed by atoms with Crippen LogP contribution in [0, 0.1) is 19.8 Å². The first-order valence-electron chi connectivity index (χ1n) is 5.67. The molecule has 0 saturated carbocycles. The maximum absolute atomic E-state index is 3.63. The second-order valence-electron chi connectivity index (χ2n) is 4.84. The zero-order valence-corrected chi connectivity index (χ0v) is 11.8. The van der Waals surface area contributed by atoms with Crippen molar-refractivity contribution < 1.29 is 0 Å². The van der Waals surface area contributed by atoms with Crippen LogP contribution in [0.1, 0.15) is 42.9 Å². The lowest BCUT2D eigenvalue weighted by atomic mass is 9.89. The van der Waals surface area contributed by atoms with E-state index in [-0.39, 0.29) is 0 Å². The molecule has 15 heavy (non-hydrogen) atoms. The Kier molecular flexibility index (Phi) is 4.85. The van der Waals surface area contributed by atoms with Gasteiger partial charge in [-0.05, 0) is 43.2 Å². The van der Waals surface area contributed by atoms with Gasteiger partial charge in [0, 0.05) is 5.33 Å².